The molecule has 0 aromatic heterocycles. The smallest absolute Gasteiger partial charge is 0.244 e. The van der Waals surface area contributed by atoms with Crippen molar-refractivity contribution in [2.24, 2.45) is 16.9 Å². The third kappa shape index (κ3) is 6.14. The number of nitrogens with zero attached hydrogens (tertiary/aromatic N) is 2. The zero-order valence-corrected chi connectivity index (χ0v) is 17.6. The van der Waals surface area contributed by atoms with Gasteiger partial charge in [-0.05, 0) is 57.6 Å². The van der Waals surface area contributed by atoms with Crippen molar-refractivity contribution >= 4 is 21.6 Å². The molecule has 1 atom stereocenters. The molecule has 1 aliphatic heterocycles. The maximum atomic E-state index is 12.8. The molecule has 1 heterocycles. The van der Waals surface area contributed by atoms with E-state index < -0.39 is 10.0 Å². The predicted molar refractivity (Wildman–Crippen MR) is 108 cm³/mol. The van der Waals surface area contributed by atoms with Crippen LogP contribution in [0.1, 0.15) is 52.0 Å². The van der Waals surface area contributed by atoms with Gasteiger partial charge in [0.05, 0.1) is 10.8 Å². The molecular formula is C20H31N3O3S. The summed E-state index contributed by atoms with van der Waals surface area (Å²) < 4.78 is 27.1. The van der Waals surface area contributed by atoms with E-state index in [1.54, 1.807) is 24.3 Å². The zero-order chi connectivity index (χ0) is 20.0. The molecule has 1 amide bonds. The highest BCUT2D eigenvalue weighted by atomic mass is 32.2. The quantitative estimate of drug-likeness (QED) is 0.570. The van der Waals surface area contributed by atoms with Crippen molar-refractivity contribution in [3.05, 3.63) is 29.8 Å². The third-order valence-electron chi connectivity index (χ3n) is 4.85. The fourth-order valence-corrected chi connectivity index (χ4v) is 4.55. The number of aryl methyl sites for hydroxylation is 1. The van der Waals surface area contributed by atoms with Crippen molar-refractivity contribution in [2.45, 2.75) is 58.3 Å². The van der Waals surface area contributed by atoms with E-state index in [0.717, 1.165) is 24.1 Å². The molecule has 1 fully saturated rings. The highest BCUT2D eigenvalue weighted by molar-refractivity contribution is 7.89. The molecule has 0 unspecified atom stereocenters. The van der Waals surface area contributed by atoms with Crippen LogP contribution in [0, 0.1) is 18.8 Å². The maximum Gasteiger partial charge on any atom is 0.244 e. The van der Waals surface area contributed by atoms with Gasteiger partial charge in [0.25, 0.3) is 0 Å². The monoisotopic (exact) mass is 393 g/mol. The Morgan fingerprint density at radius 2 is 1.96 bits per heavy atom. The average Bonchev–Trinajstić information content (AvgIpc) is 2.64. The van der Waals surface area contributed by atoms with Crippen molar-refractivity contribution < 1.29 is 13.2 Å². The van der Waals surface area contributed by atoms with Crippen molar-refractivity contribution in [1.82, 2.24) is 9.73 Å². The first-order chi connectivity index (χ1) is 12.7. The van der Waals surface area contributed by atoms with E-state index in [-0.39, 0.29) is 23.3 Å². The minimum absolute atomic E-state index is 0.197. The third-order valence-corrected chi connectivity index (χ3v) is 6.73. The average molecular weight is 394 g/mol. The van der Waals surface area contributed by atoms with Gasteiger partial charge < -0.3 is 0 Å². The fraction of sp³-hybridized carbons (Fsp3) is 0.600. The van der Waals surface area contributed by atoms with Crippen molar-refractivity contribution in [1.29, 1.82) is 0 Å². The first kappa shape index (κ1) is 21.6. The first-order valence-electron chi connectivity index (χ1n) is 9.60. The van der Waals surface area contributed by atoms with Crippen LogP contribution >= 0.6 is 0 Å². The minimum atomic E-state index is -3.58. The number of piperidine rings is 1. The Morgan fingerprint density at radius 1 is 1.30 bits per heavy atom. The summed E-state index contributed by atoms with van der Waals surface area (Å²) in [7, 11) is -3.58. The second-order valence-corrected chi connectivity index (χ2v) is 9.71. The lowest BCUT2D eigenvalue weighted by atomic mass is 9.99. The van der Waals surface area contributed by atoms with Crippen LogP contribution in [0.25, 0.3) is 0 Å². The minimum Gasteiger partial charge on any atom is -0.273 e. The topological polar surface area (TPSA) is 78.8 Å². The number of carbonyl (C=O) groups excluding carboxylic acids is 1. The summed E-state index contributed by atoms with van der Waals surface area (Å²) in [6.07, 6.45) is 3.21. The highest BCUT2D eigenvalue weighted by Crippen LogP contribution is 2.24. The molecule has 7 heteroatoms. The molecule has 6 nitrogen and oxygen atoms in total. The number of hydrazone groups is 1. The van der Waals surface area contributed by atoms with E-state index in [4.69, 9.17) is 0 Å². The summed E-state index contributed by atoms with van der Waals surface area (Å²) in [5.74, 6) is 0.00746. The molecule has 2 rings (SSSR count). The zero-order valence-electron chi connectivity index (χ0n) is 16.7. The summed E-state index contributed by atoms with van der Waals surface area (Å²) in [5, 5.41) is 4.18. The Labute approximate surface area is 163 Å². The van der Waals surface area contributed by atoms with Gasteiger partial charge >= 0.3 is 0 Å². The lowest BCUT2D eigenvalue weighted by Gasteiger charge is -2.30. The molecule has 1 N–H and O–H groups in total. The molecule has 1 aliphatic rings. The molecule has 1 saturated heterocycles. The number of rotatable bonds is 7. The van der Waals surface area contributed by atoms with Crippen LogP contribution in [0.2, 0.25) is 0 Å². The van der Waals surface area contributed by atoms with Gasteiger partial charge in [0.1, 0.15) is 0 Å². The summed E-state index contributed by atoms with van der Waals surface area (Å²) in [4.78, 5) is 12.7. The summed E-state index contributed by atoms with van der Waals surface area (Å²) in [5.41, 5.74) is 4.52. The number of amides is 1. The number of benzene rings is 1. The van der Waals surface area contributed by atoms with Gasteiger partial charge in [0.2, 0.25) is 15.9 Å². The first-order valence-corrected chi connectivity index (χ1v) is 11.0. The number of carbonyl (C=O) groups is 1. The van der Waals surface area contributed by atoms with Gasteiger partial charge in [-0.2, -0.15) is 9.41 Å². The lowest BCUT2D eigenvalue weighted by Crippen LogP contribution is -2.44. The van der Waals surface area contributed by atoms with Crippen molar-refractivity contribution in [2.75, 3.05) is 13.1 Å². The molecule has 1 aromatic rings. The molecule has 0 saturated carbocycles. The second-order valence-electron chi connectivity index (χ2n) is 7.77. The standard InChI is InChI=1S/C20H31N3O3S/c1-15(2)7-10-17(4)21-22-20(24)18-6-5-13-23(14-18)27(25,26)19-11-8-16(3)9-12-19/h8-9,11-12,15,18H,5-7,10,13-14H2,1-4H3,(H,22,24)/b21-17-/t18-/m1/s1. The van der Waals surface area contributed by atoms with Crippen LogP contribution in [0.4, 0.5) is 0 Å². The Kier molecular flexibility index (Phi) is 7.56. The second kappa shape index (κ2) is 9.46. The molecule has 1 aromatic carbocycles. The molecular weight excluding hydrogens is 362 g/mol. The summed E-state index contributed by atoms with van der Waals surface area (Å²) in [6.45, 7) is 8.76. The SMILES string of the molecule is C/C(CCC(C)C)=N/NC(=O)[C@@H]1CCCN(S(=O)(=O)c2ccc(C)cc2)C1. The largest absolute Gasteiger partial charge is 0.273 e. The Balaban J connectivity index is 1.99. The van der Waals surface area contributed by atoms with Crippen LogP contribution in [-0.4, -0.2) is 37.4 Å². The van der Waals surface area contributed by atoms with Gasteiger partial charge in [-0.15, -0.1) is 0 Å². The summed E-state index contributed by atoms with van der Waals surface area (Å²) >= 11 is 0. The van der Waals surface area contributed by atoms with E-state index in [1.807, 2.05) is 13.8 Å². The molecule has 0 bridgehead atoms. The Morgan fingerprint density at radius 3 is 2.59 bits per heavy atom. The molecule has 27 heavy (non-hydrogen) atoms. The maximum absolute atomic E-state index is 12.8. The highest BCUT2D eigenvalue weighted by Gasteiger charge is 2.33. The Hall–Kier alpha value is -1.73. The summed E-state index contributed by atoms with van der Waals surface area (Å²) in [6, 6.07) is 6.82. The van der Waals surface area contributed by atoms with E-state index >= 15 is 0 Å². The number of hydrogen-bond donors (Lipinski definition) is 1. The van der Waals surface area contributed by atoms with E-state index in [1.165, 1.54) is 4.31 Å². The van der Waals surface area contributed by atoms with E-state index in [0.29, 0.717) is 25.3 Å². The van der Waals surface area contributed by atoms with Crippen LogP contribution in [0.3, 0.4) is 0 Å². The van der Waals surface area contributed by atoms with Crippen LogP contribution in [-0.2, 0) is 14.8 Å². The van der Waals surface area contributed by atoms with Crippen LogP contribution in [0.5, 0.6) is 0 Å². The van der Waals surface area contributed by atoms with Gasteiger partial charge in [-0.25, -0.2) is 13.8 Å². The Bertz CT molecular complexity index is 770. The van der Waals surface area contributed by atoms with Gasteiger partial charge in [-0.3, -0.25) is 4.79 Å². The van der Waals surface area contributed by atoms with Gasteiger partial charge in [0, 0.05) is 18.8 Å². The van der Waals surface area contributed by atoms with E-state index in [9.17, 15) is 13.2 Å². The fourth-order valence-electron chi connectivity index (χ4n) is 3.03. The van der Waals surface area contributed by atoms with Crippen molar-refractivity contribution in [3.63, 3.8) is 0 Å². The molecule has 0 aliphatic carbocycles. The van der Waals surface area contributed by atoms with Gasteiger partial charge in [-0.1, -0.05) is 31.5 Å². The predicted octanol–water partition coefficient (Wildman–Crippen LogP) is 3.32. The molecule has 0 radical (unpaired) electrons. The molecule has 150 valence electrons. The normalized spacial score (nSPS) is 19.3. The van der Waals surface area contributed by atoms with Gasteiger partial charge in [0.15, 0.2) is 0 Å². The lowest BCUT2D eigenvalue weighted by molar-refractivity contribution is -0.126. The van der Waals surface area contributed by atoms with Crippen LogP contribution < -0.4 is 5.43 Å². The van der Waals surface area contributed by atoms with Crippen molar-refractivity contribution in [3.8, 4) is 0 Å². The number of nitrogens with one attached hydrogen (secondary N) is 1. The number of hydrogen-bond acceptors (Lipinski definition) is 4. The van der Waals surface area contributed by atoms with E-state index in [2.05, 4.69) is 24.4 Å². The number of sulfonamides is 1. The molecule has 0 spiro atoms. The van der Waals surface area contributed by atoms with Crippen LogP contribution in [0.15, 0.2) is 34.3 Å².